The van der Waals surface area contributed by atoms with Crippen LogP contribution >= 0.6 is 0 Å². The molecule has 0 aromatic carbocycles. The van der Waals surface area contributed by atoms with Crippen molar-refractivity contribution in [1.29, 1.82) is 0 Å². The molecule has 0 aromatic heterocycles. The van der Waals surface area contributed by atoms with Gasteiger partial charge in [-0.1, -0.05) is 25.7 Å². The van der Waals surface area contributed by atoms with E-state index < -0.39 is 0 Å². The Bertz CT molecular complexity index is 210. The van der Waals surface area contributed by atoms with Gasteiger partial charge in [-0.25, -0.2) is 0 Å². The Morgan fingerprint density at radius 2 is 2.06 bits per heavy atom. The van der Waals surface area contributed by atoms with E-state index in [1.54, 1.807) is 0 Å². The van der Waals surface area contributed by atoms with Crippen LogP contribution in [0, 0.1) is 11.8 Å². The number of hydrogen-bond donors (Lipinski definition) is 2. The van der Waals surface area contributed by atoms with Crippen LogP contribution in [-0.4, -0.2) is 37.0 Å². The van der Waals surface area contributed by atoms with Crippen molar-refractivity contribution in [3.05, 3.63) is 0 Å². The molecule has 1 heterocycles. The van der Waals surface area contributed by atoms with Crippen LogP contribution in [0.5, 0.6) is 0 Å². The molecule has 17 heavy (non-hydrogen) atoms. The lowest BCUT2D eigenvalue weighted by atomic mass is 9.98. The Morgan fingerprint density at radius 3 is 2.71 bits per heavy atom. The lowest BCUT2D eigenvalue weighted by Crippen LogP contribution is -2.39. The molecule has 0 radical (unpaired) electrons. The number of aliphatic hydroxyl groups is 1. The SMILES string of the molecule is CC(NCC(O)CC1CCCC1)C1CCOC1. The van der Waals surface area contributed by atoms with Gasteiger partial charge in [0.1, 0.15) is 0 Å². The van der Waals surface area contributed by atoms with E-state index in [1.165, 1.54) is 25.7 Å². The summed E-state index contributed by atoms with van der Waals surface area (Å²) in [7, 11) is 0. The first-order valence-corrected chi connectivity index (χ1v) is 7.25. The van der Waals surface area contributed by atoms with Crippen molar-refractivity contribution in [2.45, 2.75) is 57.6 Å². The summed E-state index contributed by atoms with van der Waals surface area (Å²) in [5.41, 5.74) is 0. The van der Waals surface area contributed by atoms with Crippen molar-refractivity contribution in [2.24, 2.45) is 11.8 Å². The molecule has 2 fully saturated rings. The number of aliphatic hydroxyl groups excluding tert-OH is 1. The molecule has 2 N–H and O–H groups in total. The van der Waals surface area contributed by atoms with Crippen LogP contribution in [0.15, 0.2) is 0 Å². The van der Waals surface area contributed by atoms with Crippen LogP contribution in [-0.2, 0) is 4.74 Å². The van der Waals surface area contributed by atoms with Crippen molar-refractivity contribution in [1.82, 2.24) is 5.32 Å². The summed E-state index contributed by atoms with van der Waals surface area (Å²) in [4.78, 5) is 0. The topological polar surface area (TPSA) is 41.5 Å². The molecule has 0 amide bonds. The van der Waals surface area contributed by atoms with Gasteiger partial charge in [-0.2, -0.15) is 0 Å². The molecule has 100 valence electrons. The Balaban J connectivity index is 1.59. The first-order valence-electron chi connectivity index (χ1n) is 7.25. The predicted molar refractivity (Wildman–Crippen MR) is 69.0 cm³/mol. The summed E-state index contributed by atoms with van der Waals surface area (Å²) < 4.78 is 5.39. The van der Waals surface area contributed by atoms with Gasteiger partial charge in [-0.15, -0.1) is 0 Å². The third-order valence-corrected chi connectivity index (χ3v) is 4.43. The third kappa shape index (κ3) is 4.23. The summed E-state index contributed by atoms with van der Waals surface area (Å²) in [6, 6.07) is 0.468. The van der Waals surface area contributed by atoms with Crippen LogP contribution < -0.4 is 5.32 Å². The molecular weight excluding hydrogens is 214 g/mol. The highest BCUT2D eigenvalue weighted by Gasteiger charge is 2.23. The fourth-order valence-electron chi connectivity index (χ4n) is 3.15. The highest BCUT2D eigenvalue weighted by atomic mass is 16.5. The lowest BCUT2D eigenvalue weighted by Gasteiger charge is -2.22. The molecule has 0 bridgehead atoms. The minimum atomic E-state index is -0.164. The zero-order chi connectivity index (χ0) is 12.1. The predicted octanol–water partition coefficient (Wildman–Crippen LogP) is 1.94. The van der Waals surface area contributed by atoms with E-state index in [0.29, 0.717) is 12.0 Å². The van der Waals surface area contributed by atoms with Crippen molar-refractivity contribution in [2.75, 3.05) is 19.8 Å². The standard InChI is InChI=1S/C14H27NO2/c1-11(13-6-7-17-10-13)15-9-14(16)8-12-4-2-3-5-12/h11-16H,2-10H2,1H3. The van der Waals surface area contributed by atoms with Gasteiger partial charge in [0.15, 0.2) is 0 Å². The van der Waals surface area contributed by atoms with Gasteiger partial charge in [-0.05, 0) is 31.6 Å². The van der Waals surface area contributed by atoms with Gasteiger partial charge in [0.25, 0.3) is 0 Å². The second-order valence-electron chi connectivity index (χ2n) is 5.86. The van der Waals surface area contributed by atoms with Crippen LogP contribution in [0.3, 0.4) is 0 Å². The van der Waals surface area contributed by atoms with Crippen LogP contribution in [0.1, 0.15) is 45.4 Å². The molecule has 1 saturated heterocycles. The minimum absolute atomic E-state index is 0.164. The zero-order valence-corrected chi connectivity index (χ0v) is 11.0. The van der Waals surface area contributed by atoms with E-state index in [2.05, 4.69) is 12.2 Å². The number of hydrogen-bond acceptors (Lipinski definition) is 3. The molecule has 1 aliphatic heterocycles. The zero-order valence-electron chi connectivity index (χ0n) is 11.0. The Morgan fingerprint density at radius 1 is 1.29 bits per heavy atom. The van der Waals surface area contributed by atoms with E-state index >= 15 is 0 Å². The monoisotopic (exact) mass is 241 g/mol. The van der Waals surface area contributed by atoms with Crippen molar-refractivity contribution >= 4 is 0 Å². The fraction of sp³-hybridized carbons (Fsp3) is 1.00. The number of nitrogens with one attached hydrogen (secondary N) is 1. The van der Waals surface area contributed by atoms with Gasteiger partial charge >= 0.3 is 0 Å². The average molecular weight is 241 g/mol. The number of rotatable bonds is 6. The molecule has 1 saturated carbocycles. The summed E-state index contributed by atoms with van der Waals surface area (Å²) in [5.74, 6) is 1.41. The second-order valence-corrected chi connectivity index (χ2v) is 5.86. The van der Waals surface area contributed by atoms with Gasteiger partial charge in [0.05, 0.1) is 12.7 Å². The maximum absolute atomic E-state index is 10.0. The number of ether oxygens (including phenoxy) is 1. The molecule has 3 unspecified atom stereocenters. The lowest BCUT2D eigenvalue weighted by molar-refractivity contribution is 0.131. The molecule has 1 aliphatic carbocycles. The van der Waals surface area contributed by atoms with Crippen LogP contribution in [0.4, 0.5) is 0 Å². The summed E-state index contributed by atoms with van der Waals surface area (Å²) >= 11 is 0. The highest BCUT2D eigenvalue weighted by Crippen LogP contribution is 2.28. The normalized spacial score (nSPS) is 29.6. The smallest absolute Gasteiger partial charge is 0.0667 e. The van der Waals surface area contributed by atoms with E-state index in [-0.39, 0.29) is 6.10 Å². The molecule has 0 aromatic rings. The minimum Gasteiger partial charge on any atom is -0.392 e. The maximum Gasteiger partial charge on any atom is 0.0667 e. The molecule has 2 aliphatic rings. The Hall–Kier alpha value is -0.120. The molecule has 2 rings (SSSR count). The molecule has 3 heteroatoms. The van der Waals surface area contributed by atoms with Crippen molar-refractivity contribution in [3.8, 4) is 0 Å². The highest BCUT2D eigenvalue weighted by molar-refractivity contribution is 4.78. The van der Waals surface area contributed by atoms with Crippen molar-refractivity contribution in [3.63, 3.8) is 0 Å². The van der Waals surface area contributed by atoms with Gasteiger partial charge < -0.3 is 15.2 Å². The van der Waals surface area contributed by atoms with Crippen LogP contribution in [0.2, 0.25) is 0 Å². The van der Waals surface area contributed by atoms with E-state index in [4.69, 9.17) is 4.74 Å². The third-order valence-electron chi connectivity index (χ3n) is 4.43. The van der Waals surface area contributed by atoms with Crippen LogP contribution in [0.25, 0.3) is 0 Å². The summed E-state index contributed by atoms with van der Waals surface area (Å²) in [6.07, 6.45) is 7.35. The first kappa shape index (κ1) is 13.3. The maximum atomic E-state index is 10.0. The van der Waals surface area contributed by atoms with Gasteiger partial charge in [0.2, 0.25) is 0 Å². The Labute approximate surface area is 105 Å². The van der Waals surface area contributed by atoms with E-state index in [1.807, 2.05) is 0 Å². The largest absolute Gasteiger partial charge is 0.392 e. The van der Waals surface area contributed by atoms with Gasteiger partial charge in [0, 0.05) is 19.2 Å². The molecule has 3 nitrogen and oxygen atoms in total. The second kappa shape index (κ2) is 6.72. The summed E-state index contributed by atoms with van der Waals surface area (Å²) in [5, 5.41) is 13.5. The van der Waals surface area contributed by atoms with E-state index in [0.717, 1.165) is 38.5 Å². The first-order chi connectivity index (χ1) is 8.25. The molecular formula is C14H27NO2. The fourth-order valence-corrected chi connectivity index (χ4v) is 3.15. The quantitative estimate of drug-likeness (QED) is 0.747. The van der Waals surface area contributed by atoms with Crippen molar-refractivity contribution < 1.29 is 9.84 Å². The molecule has 0 spiro atoms. The average Bonchev–Trinajstić information content (AvgIpc) is 2.97. The van der Waals surface area contributed by atoms with Gasteiger partial charge in [-0.3, -0.25) is 0 Å². The summed E-state index contributed by atoms with van der Waals surface area (Å²) in [6.45, 7) is 4.74. The molecule has 3 atom stereocenters. The Kier molecular flexibility index (Phi) is 5.26. The van der Waals surface area contributed by atoms with E-state index in [9.17, 15) is 5.11 Å².